The summed E-state index contributed by atoms with van der Waals surface area (Å²) in [6.45, 7) is 0. The van der Waals surface area contributed by atoms with Crippen molar-refractivity contribution in [3.63, 3.8) is 0 Å². The maximum absolute atomic E-state index is 12.9. The second-order valence-corrected chi connectivity index (χ2v) is 11.4. The number of thiophene rings is 1. The van der Waals surface area contributed by atoms with Crippen LogP contribution in [0, 0.1) is 17.3 Å². The summed E-state index contributed by atoms with van der Waals surface area (Å²) in [4.78, 5) is 25.7. The molecule has 0 spiro atoms. The fourth-order valence-electron chi connectivity index (χ4n) is 6.09. The maximum atomic E-state index is 12.9. The molecule has 0 aromatic carbocycles. The zero-order valence-electron chi connectivity index (χ0n) is 15.1. The van der Waals surface area contributed by atoms with Gasteiger partial charge in [0.15, 0.2) is 0 Å². The minimum Gasteiger partial charge on any atom is -0.469 e. The molecule has 0 aliphatic heterocycles. The second kappa shape index (κ2) is 6.93. The molecule has 5 rings (SSSR count). The minimum atomic E-state index is -0.294. The van der Waals surface area contributed by atoms with Crippen LogP contribution in [0.25, 0.3) is 0 Å². The lowest BCUT2D eigenvalue weighted by atomic mass is 9.48. The third kappa shape index (κ3) is 3.72. The predicted molar refractivity (Wildman–Crippen MR) is 105 cm³/mol. The van der Waals surface area contributed by atoms with E-state index in [0.29, 0.717) is 6.42 Å². The molecule has 0 saturated heterocycles. The first kappa shape index (κ1) is 18.5. The lowest BCUT2D eigenvalue weighted by Gasteiger charge is -2.60. The first-order valence-corrected chi connectivity index (χ1v) is 11.1. The van der Waals surface area contributed by atoms with Crippen LogP contribution >= 0.6 is 27.3 Å². The highest BCUT2D eigenvalue weighted by atomic mass is 79.9. The molecule has 4 bridgehead atoms. The van der Waals surface area contributed by atoms with E-state index < -0.39 is 0 Å². The number of carbonyl (C=O) groups is 2. The van der Waals surface area contributed by atoms with Crippen LogP contribution in [0.4, 0.5) is 0 Å². The van der Waals surface area contributed by atoms with Crippen LogP contribution in [-0.4, -0.2) is 23.3 Å². The molecular formula is C20H26BrNO3S. The van der Waals surface area contributed by atoms with Crippen molar-refractivity contribution in [3.8, 4) is 0 Å². The van der Waals surface area contributed by atoms with Gasteiger partial charge in [-0.15, -0.1) is 11.3 Å². The van der Waals surface area contributed by atoms with E-state index in [1.165, 1.54) is 39.2 Å². The zero-order valence-corrected chi connectivity index (χ0v) is 17.5. The van der Waals surface area contributed by atoms with Gasteiger partial charge in [0, 0.05) is 15.6 Å². The number of nitrogens with one attached hydrogen (secondary N) is 1. The van der Waals surface area contributed by atoms with E-state index in [-0.39, 0.29) is 34.1 Å². The zero-order chi connectivity index (χ0) is 18.4. The molecule has 1 amide bonds. The molecular weight excluding hydrogens is 414 g/mol. The predicted octanol–water partition coefficient (Wildman–Crippen LogP) is 4.59. The van der Waals surface area contributed by atoms with Gasteiger partial charge in [0.05, 0.1) is 19.6 Å². The van der Waals surface area contributed by atoms with E-state index in [4.69, 9.17) is 4.74 Å². The molecule has 0 unspecified atom stereocenters. The molecule has 1 aromatic heterocycles. The van der Waals surface area contributed by atoms with Gasteiger partial charge in [-0.25, -0.2) is 0 Å². The van der Waals surface area contributed by atoms with Gasteiger partial charge in [0.1, 0.15) is 0 Å². The number of halogens is 1. The number of hydrogen-bond acceptors (Lipinski definition) is 4. The van der Waals surface area contributed by atoms with Crippen LogP contribution in [0.1, 0.15) is 62.3 Å². The van der Waals surface area contributed by atoms with Gasteiger partial charge in [-0.3, -0.25) is 9.59 Å². The van der Waals surface area contributed by atoms with Crippen molar-refractivity contribution in [2.45, 2.75) is 61.7 Å². The third-order valence-electron chi connectivity index (χ3n) is 6.47. The van der Waals surface area contributed by atoms with Crippen LogP contribution in [-0.2, 0) is 14.3 Å². The number of methoxy groups -OCH3 is 1. The molecule has 6 heteroatoms. The molecule has 4 aliphatic rings. The quantitative estimate of drug-likeness (QED) is 0.520. The van der Waals surface area contributed by atoms with Crippen molar-refractivity contribution in [1.29, 1.82) is 0 Å². The Bertz CT molecular complexity index is 675. The Morgan fingerprint density at radius 1 is 1.35 bits per heavy atom. The van der Waals surface area contributed by atoms with Crippen molar-refractivity contribution in [2.24, 2.45) is 17.3 Å². The number of alkyl halides is 1. The van der Waals surface area contributed by atoms with E-state index in [2.05, 4.69) is 21.2 Å². The first-order valence-electron chi connectivity index (χ1n) is 9.47. The molecule has 1 heterocycles. The Kier molecular flexibility index (Phi) is 4.93. The van der Waals surface area contributed by atoms with Gasteiger partial charge < -0.3 is 10.1 Å². The van der Waals surface area contributed by atoms with E-state index in [0.717, 1.165) is 23.1 Å². The van der Waals surface area contributed by atoms with Gasteiger partial charge >= 0.3 is 5.97 Å². The average Bonchev–Trinajstić information content (AvgIpc) is 3.05. The van der Waals surface area contributed by atoms with Crippen molar-refractivity contribution in [1.82, 2.24) is 5.32 Å². The topological polar surface area (TPSA) is 55.4 Å². The fraction of sp³-hybridized carbons (Fsp3) is 0.700. The Morgan fingerprint density at radius 3 is 2.65 bits per heavy atom. The SMILES string of the molecule is COC(=O)C[C@@H](NC(=O)CC12C[C@H]3C[C@@H](CC(Br)(C3)C1)C2)c1cccs1. The Hall–Kier alpha value is -0.880. The van der Waals surface area contributed by atoms with Gasteiger partial charge in [0.2, 0.25) is 5.91 Å². The monoisotopic (exact) mass is 439 g/mol. The summed E-state index contributed by atoms with van der Waals surface area (Å²) in [5, 5.41) is 5.10. The standard InChI is InChI=1S/C20H26BrNO3S/c1-25-18(24)6-15(16-3-2-4-26-16)22-17(23)11-19-7-13-5-14(8-19)10-20(21,9-13)12-19/h2-4,13-15H,5-12H2,1H3,(H,22,23)/t13-,14-,15-,19?,20?/m1/s1. The number of amides is 1. The largest absolute Gasteiger partial charge is 0.469 e. The number of hydrogen-bond donors (Lipinski definition) is 1. The third-order valence-corrected chi connectivity index (χ3v) is 8.38. The minimum absolute atomic E-state index is 0.0744. The van der Waals surface area contributed by atoms with Crippen molar-refractivity contribution in [3.05, 3.63) is 22.4 Å². The molecule has 0 radical (unpaired) electrons. The molecule has 4 saturated carbocycles. The van der Waals surface area contributed by atoms with Crippen molar-refractivity contribution in [2.75, 3.05) is 7.11 Å². The van der Waals surface area contributed by atoms with Crippen LogP contribution in [0.3, 0.4) is 0 Å². The highest BCUT2D eigenvalue weighted by Crippen LogP contribution is 2.65. The van der Waals surface area contributed by atoms with Crippen LogP contribution in [0.5, 0.6) is 0 Å². The normalized spacial score (nSPS) is 35.9. The Morgan fingerprint density at radius 2 is 2.08 bits per heavy atom. The van der Waals surface area contributed by atoms with E-state index in [1.807, 2.05) is 17.5 Å². The lowest BCUT2D eigenvalue weighted by molar-refractivity contribution is -0.141. The molecule has 142 valence electrons. The summed E-state index contributed by atoms with van der Waals surface area (Å²) in [5.41, 5.74) is 0.142. The summed E-state index contributed by atoms with van der Waals surface area (Å²) >= 11 is 5.58. The maximum Gasteiger partial charge on any atom is 0.307 e. The lowest BCUT2D eigenvalue weighted by Crippen LogP contribution is -2.54. The van der Waals surface area contributed by atoms with Crippen LogP contribution in [0.2, 0.25) is 0 Å². The van der Waals surface area contributed by atoms with E-state index in [9.17, 15) is 9.59 Å². The molecule has 4 nitrogen and oxygen atoms in total. The van der Waals surface area contributed by atoms with E-state index in [1.54, 1.807) is 11.3 Å². The number of carbonyl (C=O) groups excluding carboxylic acids is 2. The summed E-state index contributed by atoms with van der Waals surface area (Å²) in [6.07, 6.45) is 8.13. The van der Waals surface area contributed by atoms with Crippen LogP contribution in [0.15, 0.2) is 17.5 Å². The average molecular weight is 440 g/mol. The first-order chi connectivity index (χ1) is 12.4. The number of esters is 1. The van der Waals surface area contributed by atoms with Gasteiger partial charge in [0.25, 0.3) is 0 Å². The molecule has 26 heavy (non-hydrogen) atoms. The summed E-state index contributed by atoms with van der Waals surface area (Å²) in [7, 11) is 1.39. The van der Waals surface area contributed by atoms with Gasteiger partial charge in [-0.1, -0.05) is 22.0 Å². The molecule has 4 fully saturated rings. The summed E-state index contributed by atoms with van der Waals surface area (Å²) in [6, 6.07) is 3.63. The van der Waals surface area contributed by atoms with Crippen molar-refractivity contribution >= 4 is 39.1 Å². The molecule has 1 N–H and O–H groups in total. The highest BCUT2D eigenvalue weighted by Gasteiger charge is 2.57. The summed E-state index contributed by atoms with van der Waals surface area (Å²) in [5.74, 6) is 1.32. The van der Waals surface area contributed by atoms with E-state index >= 15 is 0 Å². The van der Waals surface area contributed by atoms with Gasteiger partial charge in [-0.2, -0.15) is 0 Å². The molecule has 4 aliphatic carbocycles. The highest BCUT2D eigenvalue weighted by molar-refractivity contribution is 9.10. The van der Waals surface area contributed by atoms with Gasteiger partial charge in [-0.05, 0) is 67.2 Å². The molecule has 1 aromatic rings. The summed E-state index contributed by atoms with van der Waals surface area (Å²) < 4.78 is 5.08. The number of rotatable bonds is 6. The van der Waals surface area contributed by atoms with Crippen molar-refractivity contribution < 1.29 is 14.3 Å². The second-order valence-electron chi connectivity index (χ2n) is 8.70. The van der Waals surface area contributed by atoms with Crippen LogP contribution < -0.4 is 5.32 Å². The Labute approximate surface area is 167 Å². The fourth-order valence-corrected chi connectivity index (χ4v) is 8.38. The number of ether oxygens (including phenoxy) is 1. The molecule has 3 atom stereocenters. The Balaban J connectivity index is 1.45. The smallest absolute Gasteiger partial charge is 0.307 e.